The highest BCUT2D eigenvalue weighted by molar-refractivity contribution is 5.84. The molecule has 0 radical (unpaired) electrons. The lowest BCUT2D eigenvalue weighted by Crippen LogP contribution is -2.32. The van der Waals surface area contributed by atoms with Crippen molar-refractivity contribution in [3.8, 4) is 0 Å². The average Bonchev–Trinajstić information content (AvgIpc) is 3.91. The molecule has 4 N–H and O–H groups in total. The van der Waals surface area contributed by atoms with Crippen molar-refractivity contribution in [3.63, 3.8) is 0 Å². The standard InChI is InChI=1S/C33H38N10O4/c1-21-37-30(41-40-21)27-26(45)28(46-20-44)32(47-27)43-19-36-25-29(38-33(39-31(25)43)34-14-17-42-15-8-9-16-42)35-18-24(22-10-4-2-5-11-22)23-12-6-3-7-13-23/h2-7,10-13,19-20,24,26-28,32,45H,8-9,14-18H2,1H3,(H,37,40,41)(H2,34,35,38,39)/t26-,27+,28-,32-/m1/s1. The Bertz CT molecular complexity index is 1740. The summed E-state index contributed by atoms with van der Waals surface area (Å²) in [6.45, 7) is 6.31. The summed E-state index contributed by atoms with van der Waals surface area (Å²) < 4.78 is 13.3. The lowest BCUT2D eigenvalue weighted by atomic mass is 9.91. The van der Waals surface area contributed by atoms with E-state index in [2.05, 4.69) is 60.0 Å². The van der Waals surface area contributed by atoms with Crippen molar-refractivity contribution in [2.24, 2.45) is 0 Å². The van der Waals surface area contributed by atoms with Crippen LogP contribution in [0.5, 0.6) is 0 Å². The molecule has 5 aromatic rings. The van der Waals surface area contributed by atoms with Crippen LogP contribution in [0.4, 0.5) is 11.8 Å². The van der Waals surface area contributed by atoms with Crippen LogP contribution in [-0.4, -0.2) is 96.1 Å². The zero-order chi connectivity index (χ0) is 32.2. The van der Waals surface area contributed by atoms with Gasteiger partial charge in [0.2, 0.25) is 5.95 Å². The highest BCUT2D eigenvalue weighted by atomic mass is 16.6. The quantitative estimate of drug-likeness (QED) is 0.139. The van der Waals surface area contributed by atoms with Gasteiger partial charge in [0, 0.05) is 25.6 Å². The van der Waals surface area contributed by atoms with Crippen LogP contribution in [0.2, 0.25) is 0 Å². The molecule has 0 spiro atoms. The number of aromatic amines is 1. The minimum Gasteiger partial charge on any atom is -0.457 e. The first kappa shape index (κ1) is 30.7. The number of aryl methyl sites for hydroxylation is 1. The first-order chi connectivity index (χ1) is 23.1. The van der Waals surface area contributed by atoms with E-state index in [-0.39, 0.29) is 11.7 Å². The molecule has 0 bridgehead atoms. The summed E-state index contributed by atoms with van der Waals surface area (Å²) in [6, 6.07) is 20.7. The number of carbonyl (C=O) groups excluding carboxylic acids is 1. The molecule has 14 nitrogen and oxygen atoms in total. The maximum atomic E-state index is 11.5. The van der Waals surface area contributed by atoms with Gasteiger partial charge in [0.1, 0.15) is 11.9 Å². The maximum absolute atomic E-state index is 11.5. The summed E-state index contributed by atoms with van der Waals surface area (Å²) >= 11 is 0. The molecule has 3 aromatic heterocycles. The number of aliphatic hydroxyl groups excluding tert-OH is 1. The van der Waals surface area contributed by atoms with Crippen LogP contribution < -0.4 is 10.6 Å². The summed E-state index contributed by atoms with van der Waals surface area (Å²) in [5, 5.41) is 25.1. The fraction of sp³-hybridized carbons (Fsp3) is 0.394. The molecule has 0 amide bonds. The number of nitrogens with zero attached hydrogens (tertiary/aromatic N) is 7. The molecule has 4 atom stereocenters. The molecule has 47 heavy (non-hydrogen) atoms. The van der Waals surface area contributed by atoms with Gasteiger partial charge in [-0.2, -0.15) is 15.1 Å². The van der Waals surface area contributed by atoms with E-state index in [0.717, 1.165) is 19.6 Å². The molecular formula is C33H38N10O4. The number of aromatic nitrogens is 7. The van der Waals surface area contributed by atoms with Gasteiger partial charge in [0.25, 0.3) is 6.47 Å². The molecule has 0 aliphatic carbocycles. The number of hydrogen-bond donors (Lipinski definition) is 4. The van der Waals surface area contributed by atoms with Crippen LogP contribution in [0, 0.1) is 6.92 Å². The van der Waals surface area contributed by atoms with Gasteiger partial charge < -0.3 is 30.1 Å². The summed E-state index contributed by atoms with van der Waals surface area (Å²) in [4.78, 5) is 32.7. The molecule has 2 aliphatic heterocycles. The summed E-state index contributed by atoms with van der Waals surface area (Å²) in [5.74, 6) is 1.83. The van der Waals surface area contributed by atoms with Gasteiger partial charge in [-0.25, -0.2) is 9.97 Å². The Balaban J connectivity index is 1.23. The van der Waals surface area contributed by atoms with Gasteiger partial charge >= 0.3 is 0 Å². The SMILES string of the molecule is Cc1nc([C@H]2O[C@@H](n3cnc4c(NCC(c5ccccc5)c5ccccc5)nc(NCCN5CCCC5)nc43)[C@H](OC=O)[C@@H]2O)n[nH]1. The Morgan fingerprint density at radius 3 is 2.43 bits per heavy atom. The number of H-pyrrole nitrogens is 1. The van der Waals surface area contributed by atoms with E-state index in [1.807, 2.05) is 36.4 Å². The molecule has 2 fully saturated rings. The Morgan fingerprint density at radius 2 is 1.77 bits per heavy atom. The largest absolute Gasteiger partial charge is 0.457 e. The lowest BCUT2D eigenvalue weighted by molar-refractivity contribution is -0.142. The van der Waals surface area contributed by atoms with E-state index in [1.54, 1.807) is 17.8 Å². The van der Waals surface area contributed by atoms with Crippen LogP contribution >= 0.6 is 0 Å². The zero-order valence-corrected chi connectivity index (χ0v) is 26.1. The number of carbonyl (C=O) groups is 1. The average molecular weight is 639 g/mol. The van der Waals surface area contributed by atoms with E-state index >= 15 is 0 Å². The number of likely N-dealkylation sites (tertiary alicyclic amines) is 1. The van der Waals surface area contributed by atoms with Gasteiger partial charge in [-0.1, -0.05) is 60.7 Å². The Kier molecular flexibility index (Phi) is 9.04. The van der Waals surface area contributed by atoms with Crippen molar-refractivity contribution in [2.45, 2.75) is 50.2 Å². The Morgan fingerprint density at radius 1 is 1.04 bits per heavy atom. The highest BCUT2D eigenvalue weighted by Gasteiger charge is 2.49. The zero-order valence-electron chi connectivity index (χ0n) is 26.1. The number of hydrogen-bond acceptors (Lipinski definition) is 12. The smallest absolute Gasteiger partial charge is 0.293 e. The van der Waals surface area contributed by atoms with E-state index in [9.17, 15) is 9.90 Å². The molecule has 2 aromatic carbocycles. The topological polar surface area (TPSA) is 168 Å². The predicted octanol–water partition coefficient (Wildman–Crippen LogP) is 3.18. The monoisotopic (exact) mass is 638 g/mol. The van der Waals surface area contributed by atoms with Crippen LogP contribution in [0.25, 0.3) is 11.2 Å². The summed E-state index contributed by atoms with van der Waals surface area (Å²) in [7, 11) is 0. The number of ether oxygens (including phenoxy) is 2. The number of nitrogens with one attached hydrogen (secondary N) is 3. The van der Waals surface area contributed by atoms with Crippen molar-refractivity contribution in [2.75, 3.05) is 43.4 Å². The van der Waals surface area contributed by atoms with Gasteiger partial charge in [-0.05, 0) is 44.0 Å². The first-order valence-electron chi connectivity index (χ1n) is 15.9. The van der Waals surface area contributed by atoms with Gasteiger partial charge in [-0.3, -0.25) is 14.5 Å². The van der Waals surface area contributed by atoms with E-state index in [0.29, 0.717) is 48.3 Å². The number of fused-ring (bicyclic) bond motifs is 1. The number of imidazole rings is 1. The van der Waals surface area contributed by atoms with Gasteiger partial charge in [0.15, 0.2) is 41.2 Å². The molecule has 5 heterocycles. The molecule has 0 saturated carbocycles. The highest BCUT2D eigenvalue weighted by Crippen LogP contribution is 2.40. The lowest BCUT2D eigenvalue weighted by Gasteiger charge is -2.21. The molecule has 7 rings (SSSR count). The molecule has 0 unspecified atom stereocenters. The molecular weight excluding hydrogens is 600 g/mol. The third-order valence-corrected chi connectivity index (χ3v) is 8.78. The molecule has 2 aliphatic rings. The van der Waals surface area contributed by atoms with Crippen LogP contribution in [0.1, 0.15) is 53.9 Å². The minimum atomic E-state index is -1.23. The molecule has 244 valence electrons. The molecule has 14 heteroatoms. The number of aliphatic hydroxyl groups is 1. The van der Waals surface area contributed by atoms with Crippen molar-refractivity contribution >= 4 is 29.4 Å². The molecule has 2 saturated heterocycles. The van der Waals surface area contributed by atoms with Gasteiger partial charge in [0.05, 0.1) is 6.33 Å². The normalized spacial score (nSPS) is 21.4. The second-order valence-corrected chi connectivity index (χ2v) is 11.9. The van der Waals surface area contributed by atoms with Crippen molar-refractivity contribution in [3.05, 3.63) is 89.8 Å². The van der Waals surface area contributed by atoms with Crippen molar-refractivity contribution < 1.29 is 19.4 Å². The number of rotatable bonds is 13. The summed E-state index contributed by atoms with van der Waals surface area (Å²) in [6.07, 6.45) is -0.196. The maximum Gasteiger partial charge on any atom is 0.293 e. The Labute approximate surface area is 271 Å². The van der Waals surface area contributed by atoms with E-state index in [4.69, 9.17) is 19.4 Å². The second-order valence-electron chi connectivity index (χ2n) is 11.9. The van der Waals surface area contributed by atoms with E-state index < -0.39 is 24.5 Å². The predicted molar refractivity (Wildman–Crippen MR) is 174 cm³/mol. The number of benzene rings is 2. The van der Waals surface area contributed by atoms with Crippen LogP contribution in [0.3, 0.4) is 0 Å². The third kappa shape index (κ3) is 6.52. The van der Waals surface area contributed by atoms with Crippen LogP contribution in [-0.2, 0) is 14.3 Å². The fourth-order valence-electron chi connectivity index (χ4n) is 6.42. The third-order valence-electron chi connectivity index (χ3n) is 8.78. The fourth-order valence-corrected chi connectivity index (χ4v) is 6.42. The Hall–Kier alpha value is -4.92. The minimum absolute atomic E-state index is 0.0420. The van der Waals surface area contributed by atoms with Crippen LogP contribution in [0.15, 0.2) is 67.0 Å². The number of anilines is 2. The van der Waals surface area contributed by atoms with Gasteiger partial charge in [-0.15, -0.1) is 0 Å². The second kappa shape index (κ2) is 13.8. The first-order valence-corrected chi connectivity index (χ1v) is 15.9. The van der Waals surface area contributed by atoms with Crippen molar-refractivity contribution in [1.29, 1.82) is 0 Å². The van der Waals surface area contributed by atoms with Crippen molar-refractivity contribution in [1.82, 2.24) is 39.6 Å². The van der Waals surface area contributed by atoms with E-state index in [1.165, 1.54) is 24.0 Å². The summed E-state index contributed by atoms with van der Waals surface area (Å²) in [5.41, 5.74) is 3.30.